The summed E-state index contributed by atoms with van der Waals surface area (Å²) in [5, 5.41) is 6.33. The van der Waals surface area contributed by atoms with Crippen LogP contribution in [0.15, 0.2) is 30.5 Å². The summed E-state index contributed by atoms with van der Waals surface area (Å²) in [5.41, 5.74) is 4.25. The molecule has 0 aliphatic heterocycles. The molecule has 0 saturated heterocycles. The molecule has 2 atom stereocenters. The second-order valence-electron chi connectivity index (χ2n) is 6.22. The van der Waals surface area contributed by atoms with Crippen molar-refractivity contribution in [2.24, 2.45) is 11.7 Å². The number of anilines is 1. The number of nitrogens with zero attached hydrogens (tertiary/aromatic N) is 2. The number of benzene rings is 1. The Hall–Kier alpha value is -2.59. The van der Waals surface area contributed by atoms with Crippen LogP contribution in [0.25, 0.3) is 5.69 Å². The number of hydrogen-bond acceptors (Lipinski definition) is 5. The van der Waals surface area contributed by atoms with Gasteiger partial charge in [-0.3, -0.25) is 4.79 Å². The largest absolute Gasteiger partial charge is 0.462 e. The number of carbonyl (C=O) groups excluding carboxylic acids is 2. The average Bonchev–Trinajstić information content (AvgIpc) is 3.07. The Bertz CT molecular complexity index is 851. The van der Waals surface area contributed by atoms with Crippen LogP contribution in [0.4, 0.5) is 18.9 Å². The van der Waals surface area contributed by atoms with Crippen molar-refractivity contribution in [2.75, 3.05) is 11.9 Å². The number of rotatable bonds is 6. The fraction of sp³-hybridized carbons (Fsp3) is 0.389. The second-order valence-corrected chi connectivity index (χ2v) is 6.22. The first-order valence-electron chi connectivity index (χ1n) is 8.55. The van der Waals surface area contributed by atoms with Gasteiger partial charge in [-0.05, 0) is 38.1 Å². The third-order valence-electron chi connectivity index (χ3n) is 4.11. The smallest absolute Gasteiger partial charge is 0.434 e. The highest BCUT2D eigenvalue weighted by Crippen LogP contribution is 2.34. The summed E-state index contributed by atoms with van der Waals surface area (Å²) in [6, 6.07) is 5.23. The molecule has 0 spiro atoms. The van der Waals surface area contributed by atoms with Crippen molar-refractivity contribution in [3.05, 3.63) is 41.7 Å². The molecule has 3 N–H and O–H groups in total. The van der Waals surface area contributed by atoms with Crippen molar-refractivity contribution in [1.82, 2.24) is 9.78 Å². The molecule has 1 aromatic heterocycles. The first-order valence-corrected chi connectivity index (χ1v) is 8.55. The zero-order valence-corrected chi connectivity index (χ0v) is 16.8. The minimum Gasteiger partial charge on any atom is -0.462 e. The van der Waals surface area contributed by atoms with Gasteiger partial charge in [0.15, 0.2) is 5.69 Å². The third-order valence-corrected chi connectivity index (χ3v) is 4.11. The van der Waals surface area contributed by atoms with Crippen LogP contribution in [0.1, 0.15) is 36.8 Å². The van der Waals surface area contributed by atoms with Crippen LogP contribution in [0.5, 0.6) is 0 Å². The molecule has 11 heteroatoms. The summed E-state index contributed by atoms with van der Waals surface area (Å²) in [7, 11) is 0. The van der Waals surface area contributed by atoms with Gasteiger partial charge in [-0.2, -0.15) is 18.3 Å². The van der Waals surface area contributed by atoms with Crippen LogP contribution in [-0.4, -0.2) is 34.3 Å². The Balaban J connectivity index is 0.00000420. The van der Waals surface area contributed by atoms with Crippen LogP contribution < -0.4 is 11.1 Å². The highest BCUT2D eigenvalue weighted by atomic mass is 35.5. The molecular weight excluding hydrogens is 413 g/mol. The zero-order chi connectivity index (χ0) is 21.1. The second kappa shape index (κ2) is 9.75. The lowest BCUT2D eigenvalue weighted by Gasteiger charge is -2.16. The van der Waals surface area contributed by atoms with Gasteiger partial charge in [0, 0.05) is 11.7 Å². The van der Waals surface area contributed by atoms with Gasteiger partial charge in [0.1, 0.15) is 5.56 Å². The molecule has 29 heavy (non-hydrogen) atoms. The van der Waals surface area contributed by atoms with E-state index in [1.54, 1.807) is 13.8 Å². The van der Waals surface area contributed by atoms with E-state index in [0.29, 0.717) is 10.4 Å². The molecule has 0 bridgehead atoms. The molecule has 1 heterocycles. The number of aromatic nitrogens is 2. The lowest BCUT2D eigenvalue weighted by Crippen LogP contribution is -2.34. The highest BCUT2D eigenvalue weighted by molar-refractivity contribution is 5.93. The Morgan fingerprint density at radius 1 is 1.24 bits per heavy atom. The van der Waals surface area contributed by atoms with Crippen LogP contribution >= 0.6 is 12.4 Å². The standard InChI is InChI=1S/C18H21F3N4O3.ClH/c1-4-28-17(27)14-9-23-25(15(14)18(19,20)21)13-7-5-12(6-8-13)24-16(26)10(2)11(3)22;/h5-11H,4,22H2,1-3H3,(H,24,26);1H. The van der Waals surface area contributed by atoms with E-state index < -0.39 is 29.3 Å². The van der Waals surface area contributed by atoms with E-state index in [2.05, 4.69) is 15.2 Å². The number of amides is 1. The van der Waals surface area contributed by atoms with Crippen molar-refractivity contribution >= 4 is 30.0 Å². The van der Waals surface area contributed by atoms with Gasteiger partial charge in [0.05, 0.1) is 24.4 Å². The fourth-order valence-corrected chi connectivity index (χ4v) is 2.36. The molecular formula is C18H22ClF3N4O3. The maximum Gasteiger partial charge on any atom is 0.434 e. The molecule has 0 radical (unpaired) electrons. The lowest BCUT2D eigenvalue weighted by atomic mass is 10.0. The van der Waals surface area contributed by atoms with Crippen molar-refractivity contribution in [1.29, 1.82) is 0 Å². The van der Waals surface area contributed by atoms with E-state index in [9.17, 15) is 22.8 Å². The molecule has 0 aliphatic rings. The van der Waals surface area contributed by atoms with Gasteiger partial charge < -0.3 is 15.8 Å². The summed E-state index contributed by atoms with van der Waals surface area (Å²) in [6.07, 6.45) is -4.00. The van der Waals surface area contributed by atoms with E-state index in [0.717, 1.165) is 6.20 Å². The monoisotopic (exact) mass is 434 g/mol. The topological polar surface area (TPSA) is 99.2 Å². The van der Waals surface area contributed by atoms with Gasteiger partial charge >= 0.3 is 12.1 Å². The first-order chi connectivity index (χ1) is 13.1. The zero-order valence-electron chi connectivity index (χ0n) is 16.0. The quantitative estimate of drug-likeness (QED) is 0.679. The number of ether oxygens (including phenoxy) is 1. The molecule has 0 aliphatic carbocycles. The number of nitrogens with one attached hydrogen (secondary N) is 1. The molecule has 0 saturated carbocycles. The predicted octanol–water partition coefficient (Wildman–Crippen LogP) is 3.41. The summed E-state index contributed by atoms with van der Waals surface area (Å²) in [6.45, 7) is 4.81. The van der Waals surface area contributed by atoms with Gasteiger partial charge in [-0.25, -0.2) is 9.48 Å². The van der Waals surface area contributed by atoms with Gasteiger partial charge in [-0.1, -0.05) is 6.92 Å². The molecule has 2 unspecified atom stereocenters. The molecule has 7 nitrogen and oxygen atoms in total. The van der Waals surface area contributed by atoms with E-state index in [1.807, 2.05) is 0 Å². The molecule has 2 aromatic rings. The lowest BCUT2D eigenvalue weighted by molar-refractivity contribution is -0.143. The van der Waals surface area contributed by atoms with Crippen LogP contribution in [0, 0.1) is 5.92 Å². The summed E-state index contributed by atoms with van der Waals surface area (Å²) < 4.78 is 45.8. The number of alkyl halides is 3. The van der Waals surface area contributed by atoms with Crippen molar-refractivity contribution in [3.8, 4) is 5.69 Å². The van der Waals surface area contributed by atoms with Gasteiger partial charge in [0.25, 0.3) is 0 Å². The van der Waals surface area contributed by atoms with Gasteiger partial charge in [0.2, 0.25) is 5.91 Å². The van der Waals surface area contributed by atoms with Gasteiger partial charge in [-0.15, -0.1) is 12.4 Å². The Labute approximate surface area is 171 Å². The van der Waals surface area contributed by atoms with Crippen LogP contribution in [0.3, 0.4) is 0 Å². The normalized spacial score (nSPS) is 13.2. The SMILES string of the molecule is CCOC(=O)c1cnn(-c2ccc(NC(=O)C(C)C(C)N)cc2)c1C(F)(F)F.Cl. The summed E-state index contributed by atoms with van der Waals surface area (Å²) in [4.78, 5) is 23.8. The fourth-order valence-electron chi connectivity index (χ4n) is 2.36. The van der Waals surface area contributed by atoms with Crippen molar-refractivity contribution in [2.45, 2.75) is 33.0 Å². The molecule has 2 rings (SSSR count). The number of hydrogen-bond donors (Lipinski definition) is 2. The minimum atomic E-state index is -4.82. The summed E-state index contributed by atoms with van der Waals surface area (Å²) in [5.74, 6) is -1.84. The minimum absolute atomic E-state index is 0. The Morgan fingerprint density at radius 3 is 2.31 bits per heavy atom. The first kappa shape index (κ1) is 24.4. The number of carbonyl (C=O) groups is 2. The maximum absolute atomic E-state index is 13.5. The summed E-state index contributed by atoms with van der Waals surface area (Å²) >= 11 is 0. The van der Waals surface area contributed by atoms with E-state index >= 15 is 0 Å². The Kier molecular flexibility index (Phi) is 8.22. The number of halogens is 4. The van der Waals surface area contributed by atoms with Crippen LogP contribution in [-0.2, 0) is 15.7 Å². The average molecular weight is 435 g/mol. The number of esters is 1. The predicted molar refractivity (Wildman–Crippen MR) is 103 cm³/mol. The van der Waals surface area contributed by atoms with Crippen LogP contribution in [0.2, 0.25) is 0 Å². The number of nitrogens with two attached hydrogens (primary N) is 1. The highest BCUT2D eigenvalue weighted by Gasteiger charge is 2.41. The van der Waals surface area contributed by atoms with E-state index in [1.165, 1.54) is 31.2 Å². The molecule has 0 fully saturated rings. The maximum atomic E-state index is 13.5. The molecule has 160 valence electrons. The third kappa shape index (κ3) is 5.70. The molecule has 1 amide bonds. The van der Waals surface area contributed by atoms with E-state index in [4.69, 9.17) is 5.73 Å². The molecule has 1 aromatic carbocycles. The Morgan fingerprint density at radius 2 is 1.83 bits per heavy atom. The van der Waals surface area contributed by atoms with E-state index in [-0.39, 0.29) is 36.7 Å². The van der Waals surface area contributed by atoms with Crippen molar-refractivity contribution < 1.29 is 27.5 Å². The van der Waals surface area contributed by atoms with Crippen molar-refractivity contribution in [3.63, 3.8) is 0 Å².